The monoisotopic (exact) mass is 548 g/mol. The number of halogens is 2. The third kappa shape index (κ3) is 3.52. The van der Waals surface area contributed by atoms with Gasteiger partial charge in [0.1, 0.15) is 0 Å². The summed E-state index contributed by atoms with van der Waals surface area (Å²) in [6.45, 7) is 0. The van der Waals surface area contributed by atoms with E-state index in [-0.39, 0.29) is 31.7 Å². The van der Waals surface area contributed by atoms with Gasteiger partial charge in [-0.1, -0.05) is 35.3 Å². The number of nitrogens with zero attached hydrogens (tertiary/aromatic N) is 4. The van der Waals surface area contributed by atoms with Crippen LogP contribution in [0.3, 0.4) is 0 Å². The summed E-state index contributed by atoms with van der Waals surface area (Å²) in [7, 11) is -8.43. The minimum absolute atomic E-state index is 0.0143. The Morgan fingerprint density at radius 2 is 1.16 bits per heavy atom. The second-order valence-corrected chi connectivity index (χ2v) is 11.9. The molecule has 0 bridgehead atoms. The van der Waals surface area contributed by atoms with Gasteiger partial charge in [-0.25, -0.2) is 9.97 Å². The van der Waals surface area contributed by atoms with Crippen molar-refractivity contribution in [1.29, 1.82) is 0 Å². The van der Waals surface area contributed by atoms with Crippen LogP contribution in [0.5, 0.6) is 0 Å². The number of fused-ring (bicyclic) bond motifs is 2. The molecule has 0 unspecified atom stereocenters. The summed E-state index contributed by atoms with van der Waals surface area (Å²) < 4.78 is 59.7. The second kappa shape index (κ2) is 7.60. The van der Waals surface area contributed by atoms with E-state index in [1.165, 1.54) is 56.0 Å². The molecule has 0 fully saturated rings. The van der Waals surface area contributed by atoms with Gasteiger partial charge in [0.15, 0.2) is 30.3 Å². The SMILES string of the molecule is O=S(=O)(Nc1ccccc1NS(=O)(=O)c1c(Cl)nc2sccn12)c1c(Cl)nc2sccn12. The Morgan fingerprint density at radius 3 is 1.56 bits per heavy atom. The normalized spacial score (nSPS) is 12.6. The molecular formula is C16H10Cl2N6O4S4. The number of hydrogen-bond donors (Lipinski definition) is 2. The molecule has 0 saturated heterocycles. The highest BCUT2D eigenvalue weighted by molar-refractivity contribution is 7.93. The van der Waals surface area contributed by atoms with Crippen molar-refractivity contribution < 1.29 is 16.8 Å². The van der Waals surface area contributed by atoms with Gasteiger partial charge < -0.3 is 0 Å². The van der Waals surface area contributed by atoms with E-state index < -0.39 is 20.0 Å². The maximum Gasteiger partial charge on any atom is 0.281 e. The molecule has 0 saturated carbocycles. The van der Waals surface area contributed by atoms with Crippen molar-refractivity contribution >= 4 is 87.2 Å². The predicted molar refractivity (Wildman–Crippen MR) is 124 cm³/mol. The maximum absolute atomic E-state index is 13.1. The van der Waals surface area contributed by atoms with E-state index >= 15 is 0 Å². The summed E-state index contributed by atoms with van der Waals surface area (Å²) in [6.07, 6.45) is 3.05. The highest BCUT2D eigenvalue weighted by Gasteiger charge is 2.29. The second-order valence-electron chi connectivity index (χ2n) is 6.28. The van der Waals surface area contributed by atoms with Crippen molar-refractivity contribution in [2.45, 2.75) is 10.1 Å². The zero-order chi connectivity index (χ0) is 22.7. The zero-order valence-electron chi connectivity index (χ0n) is 15.4. The molecule has 5 rings (SSSR count). The van der Waals surface area contributed by atoms with Crippen LogP contribution in [0.4, 0.5) is 11.4 Å². The molecule has 16 heteroatoms. The maximum atomic E-state index is 13.1. The summed E-state index contributed by atoms with van der Waals surface area (Å²) in [6, 6.07) is 5.92. The van der Waals surface area contributed by atoms with Gasteiger partial charge in [-0.05, 0) is 12.1 Å². The number of aromatic nitrogens is 4. The van der Waals surface area contributed by atoms with E-state index in [4.69, 9.17) is 23.2 Å². The average molecular weight is 549 g/mol. The van der Waals surface area contributed by atoms with Crippen LogP contribution in [0.2, 0.25) is 10.3 Å². The molecule has 4 heterocycles. The van der Waals surface area contributed by atoms with Crippen LogP contribution in [-0.4, -0.2) is 35.6 Å². The first kappa shape index (κ1) is 21.5. The smallest absolute Gasteiger partial charge is 0.278 e. The summed E-state index contributed by atoms with van der Waals surface area (Å²) in [5, 5.41) is 2.42. The molecule has 0 aliphatic heterocycles. The fraction of sp³-hybridized carbons (Fsp3) is 0. The number of para-hydroxylation sites is 2. The van der Waals surface area contributed by atoms with E-state index in [0.717, 1.165) is 0 Å². The van der Waals surface area contributed by atoms with E-state index in [9.17, 15) is 16.8 Å². The molecule has 0 aliphatic rings. The van der Waals surface area contributed by atoms with Crippen LogP contribution in [0.25, 0.3) is 9.92 Å². The number of benzene rings is 1. The highest BCUT2D eigenvalue weighted by Crippen LogP contribution is 2.32. The molecule has 2 N–H and O–H groups in total. The van der Waals surface area contributed by atoms with E-state index in [0.29, 0.717) is 9.92 Å². The number of hydrogen-bond acceptors (Lipinski definition) is 8. The topological polar surface area (TPSA) is 127 Å². The number of sulfonamides is 2. The Morgan fingerprint density at radius 1 is 0.750 bits per heavy atom. The number of imidazole rings is 2. The van der Waals surface area contributed by atoms with Gasteiger partial charge in [0.25, 0.3) is 20.0 Å². The summed E-state index contributed by atoms with van der Waals surface area (Å²) in [5.74, 6) is 0. The molecule has 10 nitrogen and oxygen atoms in total. The van der Waals surface area contributed by atoms with Crippen molar-refractivity contribution in [3.63, 3.8) is 0 Å². The molecule has 0 spiro atoms. The quantitative estimate of drug-likeness (QED) is 0.330. The highest BCUT2D eigenvalue weighted by atomic mass is 35.5. The van der Waals surface area contributed by atoms with Gasteiger partial charge in [0.2, 0.25) is 0 Å². The molecule has 32 heavy (non-hydrogen) atoms. The Kier molecular flexibility index (Phi) is 5.11. The lowest BCUT2D eigenvalue weighted by Gasteiger charge is -2.14. The third-order valence-electron chi connectivity index (χ3n) is 4.28. The average Bonchev–Trinajstić information content (AvgIpc) is 3.43. The van der Waals surface area contributed by atoms with Crippen molar-refractivity contribution in [1.82, 2.24) is 18.8 Å². The fourth-order valence-electron chi connectivity index (χ4n) is 3.01. The number of rotatable bonds is 6. The van der Waals surface area contributed by atoms with E-state index in [1.807, 2.05) is 0 Å². The first-order valence-electron chi connectivity index (χ1n) is 8.54. The molecule has 0 aliphatic carbocycles. The first-order valence-corrected chi connectivity index (χ1v) is 14.0. The molecular weight excluding hydrogens is 539 g/mol. The zero-order valence-corrected chi connectivity index (χ0v) is 20.2. The molecule has 0 atom stereocenters. The molecule has 0 amide bonds. The van der Waals surface area contributed by atoms with Crippen LogP contribution in [0.1, 0.15) is 0 Å². The standard InChI is InChI=1S/C16H10Cl2N6O4S4/c17-11-13(23-5-7-29-15(23)19-11)31(25,26)21-9-3-1-2-4-10(9)22-32(27,28)14-12(18)20-16-24(14)6-8-30-16/h1-8,21-22H. The fourth-order valence-corrected chi connectivity index (χ4v) is 8.08. The summed E-state index contributed by atoms with van der Waals surface area (Å²) in [5.41, 5.74) is -0.0287. The minimum atomic E-state index is -4.21. The Hall–Kier alpha value is -2.36. The number of thiazole rings is 2. The lowest BCUT2D eigenvalue weighted by atomic mass is 10.3. The van der Waals surface area contributed by atoms with Crippen molar-refractivity contribution in [2.75, 3.05) is 9.44 Å². The van der Waals surface area contributed by atoms with Crippen LogP contribution in [0, 0.1) is 0 Å². The molecule has 4 aromatic heterocycles. The molecule has 5 aromatic rings. The largest absolute Gasteiger partial charge is 0.281 e. The van der Waals surface area contributed by atoms with Crippen LogP contribution < -0.4 is 9.44 Å². The lowest BCUT2D eigenvalue weighted by Crippen LogP contribution is -2.19. The predicted octanol–water partition coefficient (Wildman–Crippen LogP) is 4.01. The third-order valence-corrected chi connectivity index (χ3v) is 9.32. The van der Waals surface area contributed by atoms with Crippen molar-refractivity contribution in [3.8, 4) is 0 Å². The van der Waals surface area contributed by atoms with Crippen LogP contribution in [-0.2, 0) is 20.0 Å². The number of anilines is 2. The van der Waals surface area contributed by atoms with Crippen molar-refractivity contribution in [3.05, 3.63) is 57.7 Å². The van der Waals surface area contributed by atoms with Gasteiger partial charge in [0.05, 0.1) is 11.4 Å². The van der Waals surface area contributed by atoms with Gasteiger partial charge >= 0.3 is 0 Å². The summed E-state index contributed by atoms with van der Waals surface area (Å²) >= 11 is 14.6. The van der Waals surface area contributed by atoms with E-state index in [1.54, 1.807) is 22.9 Å². The minimum Gasteiger partial charge on any atom is -0.278 e. The number of nitrogens with one attached hydrogen (secondary N) is 2. The van der Waals surface area contributed by atoms with Crippen LogP contribution in [0.15, 0.2) is 57.5 Å². The first-order chi connectivity index (χ1) is 15.2. The summed E-state index contributed by atoms with van der Waals surface area (Å²) in [4.78, 5) is 8.85. The van der Waals surface area contributed by atoms with Gasteiger partial charge in [-0.2, -0.15) is 16.8 Å². The Bertz CT molecular complexity index is 1570. The molecule has 0 radical (unpaired) electrons. The molecule has 166 valence electrons. The van der Waals surface area contributed by atoms with E-state index in [2.05, 4.69) is 19.4 Å². The van der Waals surface area contributed by atoms with Crippen molar-refractivity contribution in [2.24, 2.45) is 0 Å². The van der Waals surface area contributed by atoms with Gasteiger partial charge in [0, 0.05) is 23.2 Å². The van der Waals surface area contributed by atoms with Gasteiger partial charge in [-0.15, -0.1) is 22.7 Å². The van der Waals surface area contributed by atoms with Crippen LogP contribution >= 0.6 is 45.9 Å². The lowest BCUT2D eigenvalue weighted by molar-refractivity contribution is 0.594. The van der Waals surface area contributed by atoms with Gasteiger partial charge in [-0.3, -0.25) is 18.2 Å². The Labute approximate surface area is 199 Å². The Balaban J connectivity index is 1.54. The molecule has 1 aromatic carbocycles.